The first kappa shape index (κ1) is 20.5. The number of alkyl halides is 3. The molecule has 0 amide bonds. The van der Waals surface area contributed by atoms with Gasteiger partial charge in [-0.15, -0.1) is 0 Å². The zero-order valence-electron chi connectivity index (χ0n) is 16.2. The molecule has 0 radical (unpaired) electrons. The van der Waals surface area contributed by atoms with Crippen LogP contribution in [0, 0.1) is 5.82 Å². The fraction of sp³-hybridized carbons (Fsp3) is 0.143. The molecular formula is C21H14F4N2O4. The molecule has 2 heterocycles. The Kier molecular flexibility index (Phi) is 4.92. The van der Waals surface area contributed by atoms with Gasteiger partial charge in [0.25, 0.3) is 0 Å². The van der Waals surface area contributed by atoms with Crippen molar-refractivity contribution in [3.05, 3.63) is 70.6 Å². The first-order valence-corrected chi connectivity index (χ1v) is 8.84. The summed E-state index contributed by atoms with van der Waals surface area (Å²) in [5.74, 6) is -1.98. The Morgan fingerprint density at radius 1 is 1.03 bits per heavy atom. The molecule has 10 heteroatoms. The van der Waals surface area contributed by atoms with E-state index in [4.69, 9.17) is 13.9 Å². The Morgan fingerprint density at radius 3 is 2.35 bits per heavy atom. The number of benzene rings is 2. The lowest BCUT2D eigenvalue weighted by Gasteiger charge is -2.14. The third-order valence-corrected chi connectivity index (χ3v) is 4.62. The number of nitrogens with zero attached hydrogens (tertiary/aromatic N) is 2. The van der Waals surface area contributed by atoms with Gasteiger partial charge >= 0.3 is 6.18 Å². The molecule has 6 nitrogen and oxygen atoms in total. The van der Waals surface area contributed by atoms with Gasteiger partial charge in [-0.25, -0.2) is 9.07 Å². The van der Waals surface area contributed by atoms with Gasteiger partial charge in [0, 0.05) is 11.8 Å². The van der Waals surface area contributed by atoms with Crippen LogP contribution in [0.4, 0.5) is 17.6 Å². The lowest BCUT2D eigenvalue weighted by molar-refractivity contribution is -0.152. The molecule has 0 saturated carbocycles. The molecule has 0 unspecified atom stereocenters. The van der Waals surface area contributed by atoms with Gasteiger partial charge in [-0.05, 0) is 36.4 Å². The summed E-state index contributed by atoms with van der Waals surface area (Å²) in [6.45, 7) is 0. The lowest BCUT2D eigenvalue weighted by Crippen LogP contribution is -2.16. The summed E-state index contributed by atoms with van der Waals surface area (Å²) < 4.78 is 71.3. The van der Waals surface area contributed by atoms with E-state index in [2.05, 4.69) is 5.10 Å². The molecule has 0 spiro atoms. The molecule has 0 aliphatic rings. The van der Waals surface area contributed by atoms with Gasteiger partial charge in [0.05, 0.1) is 37.1 Å². The minimum absolute atomic E-state index is 0.109. The highest BCUT2D eigenvalue weighted by molar-refractivity contribution is 5.89. The molecule has 0 aliphatic heterocycles. The molecule has 4 rings (SSSR count). The van der Waals surface area contributed by atoms with Crippen LogP contribution in [0.2, 0.25) is 0 Å². The third kappa shape index (κ3) is 3.49. The topological polar surface area (TPSA) is 66.5 Å². The number of methoxy groups -OCH3 is 2. The standard InChI is InChI=1S/C21H14F4N2O4/c1-29-15-8-7-14-17(28)16(20(21(23,24)25)31-18(14)19(15)30-2)11-9-26-27(10-11)13-5-3-12(22)4-6-13/h3-10H,1-2H3. The summed E-state index contributed by atoms with van der Waals surface area (Å²) in [5, 5.41) is 3.88. The highest BCUT2D eigenvalue weighted by Crippen LogP contribution is 2.41. The van der Waals surface area contributed by atoms with E-state index in [0.717, 1.165) is 6.20 Å². The van der Waals surface area contributed by atoms with E-state index in [0.29, 0.717) is 5.69 Å². The highest BCUT2D eigenvalue weighted by Gasteiger charge is 2.40. The average molecular weight is 434 g/mol. The smallest absolute Gasteiger partial charge is 0.450 e. The van der Waals surface area contributed by atoms with Crippen LogP contribution in [0.15, 0.2) is 58.0 Å². The van der Waals surface area contributed by atoms with E-state index in [9.17, 15) is 22.4 Å². The van der Waals surface area contributed by atoms with Crippen molar-refractivity contribution in [1.82, 2.24) is 9.78 Å². The number of fused-ring (bicyclic) bond motifs is 1. The molecule has 160 valence electrons. The summed E-state index contributed by atoms with van der Waals surface area (Å²) in [7, 11) is 2.54. The Labute approximate surface area is 172 Å². The second-order valence-electron chi connectivity index (χ2n) is 6.46. The minimum Gasteiger partial charge on any atom is -0.493 e. The van der Waals surface area contributed by atoms with Crippen LogP contribution in [0.25, 0.3) is 27.8 Å². The van der Waals surface area contributed by atoms with E-state index in [1.165, 1.54) is 61.5 Å². The molecule has 0 aliphatic carbocycles. The fourth-order valence-electron chi connectivity index (χ4n) is 3.22. The summed E-state index contributed by atoms with van der Waals surface area (Å²) in [5.41, 5.74) is -1.69. The largest absolute Gasteiger partial charge is 0.493 e. The summed E-state index contributed by atoms with van der Waals surface area (Å²) in [6, 6.07) is 7.87. The summed E-state index contributed by atoms with van der Waals surface area (Å²) in [4.78, 5) is 13.1. The maximum Gasteiger partial charge on any atom is 0.450 e. The predicted molar refractivity (Wildman–Crippen MR) is 103 cm³/mol. The van der Waals surface area contributed by atoms with Crippen molar-refractivity contribution in [3.8, 4) is 28.3 Å². The average Bonchev–Trinajstić information content (AvgIpc) is 3.22. The van der Waals surface area contributed by atoms with E-state index in [-0.39, 0.29) is 28.0 Å². The first-order valence-electron chi connectivity index (χ1n) is 8.84. The van der Waals surface area contributed by atoms with Crippen LogP contribution in [0.1, 0.15) is 5.76 Å². The first-order chi connectivity index (χ1) is 14.7. The predicted octanol–water partition coefficient (Wildman–Crippen LogP) is 4.82. The molecule has 0 fully saturated rings. The number of halogens is 4. The monoisotopic (exact) mass is 434 g/mol. The quantitative estimate of drug-likeness (QED) is 0.431. The Hall–Kier alpha value is -3.82. The van der Waals surface area contributed by atoms with E-state index < -0.39 is 28.7 Å². The van der Waals surface area contributed by atoms with Crippen LogP contribution in [-0.2, 0) is 6.18 Å². The van der Waals surface area contributed by atoms with Crippen molar-refractivity contribution in [1.29, 1.82) is 0 Å². The summed E-state index contributed by atoms with van der Waals surface area (Å²) >= 11 is 0. The van der Waals surface area contributed by atoms with Gasteiger partial charge in [0.1, 0.15) is 5.82 Å². The molecular weight excluding hydrogens is 420 g/mol. The van der Waals surface area contributed by atoms with Gasteiger partial charge in [0.2, 0.25) is 16.9 Å². The zero-order chi connectivity index (χ0) is 22.3. The lowest BCUT2D eigenvalue weighted by atomic mass is 10.0. The van der Waals surface area contributed by atoms with Crippen molar-refractivity contribution < 1.29 is 31.5 Å². The molecule has 2 aromatic carbocycles. The van der Waals surface area contributed by atoms with Gasteiger partial charge in [0.15, 0.2) is 11.3 Å². The Morgan fingerprint density at radius 2 is 1.74 bits per heavy atom. The van der Waals surface area contributed by atoms with E-state index >= 15 is 0 Å². The molecule has 0 atom stereocenters. The van der Waals surface area contributed by atoms with Crippen molar-refractivity contribution in [2.45, 2.75) is 6.18 Å². The SMILES string of the molecule is COc1ccc2c(=O)c(-c3cnn(-c4ccc(F)cc4)c3)c(C(F)(F)F)oc2c1OC. The fourth-order valence-corrected chi connectivity index (χ4v) is 3.22. The maximum atomic E-state index is 13.9. The van der Waals surface area contributed by atoms with Crippen LogP contribution in [0.3, 0.4) is 0 Å². The van der Waals surface area contributed by atoms with Gasteiger partial charge < -0.3 is 13.9 Å². The number of hydrogen-bond acceptors (Lipinski definition) is 5. The summed E-state index contributed by atoms with van der Waals surface area (Å²) in [6.07, 6.45) is -2.63. The normalized spacial score (nSPS) is 11.7. The van der Waals surface area contributed by atoms with Crippen molar-refractivity contribution >= 4 is 11.0 Å². The Bertz CT molecular complexity index is 1320. The molecule has 2 aromatic heterocycles. The number of rotatable bonds is 4. The van der Waals surface area contributed by atoms with Gasteiger partial charge in [-0.1, -0.05) is 0 Å². The van der Waals surface area contributed by atoms with Crippen molar-refractivity contribution in [3.63, 3.8) is 0 Å². The maximum absolute atomic E-state index is 13.9. The van der Waals surface area contributed by atoms with Crippen LogP contribution >= 0.6 is 0 Å². The minimum atomic E-state index is -4.98. The highest BCUT2D eigenvalue weighted by atomic mass is 19.4. The van der Waals surface area contributed by atoms with Crippen LogP contribution in [0.5, 0.6) is 11.5 Å². The second-order valence-corrected chi connectivity index (χ2v) is 6.46. The van der Waals surface area contributed by atoms with Crippen LogP contribution < -0.4 is 14.9 Å². The third-order valence-electron chi connectivity index (χ3n) is 4.62. The van der Waals surface area contributed by atoms with E-state index in [1.807, 2.05) is 0 Å². The molecule has 0 bridgehead atoms. The molecule has 31 heavy (non-hydrogen) atoms. The van der Waals surface area contributed by atoms with Gasteiger partial charge in [-0.2, -0.15) is 18.3 Å². The van der Waals surface area contributed by atoms with Gasteiger partial charge in [-0.3, -0.25) is 4.79 Å². The van der Waals surface area contributed by atoms with Crippen molar-refractivity contribution in [2.24, 2.45) is 0 Å². The number of ether oxygens (including phenoxy) is 2. The molecule has 0 N–H and O–H groups in total. The van der Waals surface area contributed by atoms with Crippen LogP contribution in [-0.4, -0.2) is 24.0 Å². The number of hydrogen-bond donors (Lipinski definition) is 0. The zero-order valence-corrected chi connectivity index (χ0v) is 16.2. The Balaban J connectivity index is 1.99. The molecule has 0 saturated heterocycles. The number of aromatic nitrogens is 2. The van der Waals surface area contributed by atoms with E-state index in [1.54, 1.807) is 0 Å². The van der Waals surface area contributed by atoms with Crippen molar-refractivity contribution in [2.75, 3.05) is 14.2 Å². The molecule has 4 aromatic rings. The second kappa shape index (κ2) is 7.46.